The van der Waals surface area contributed by atoms with E-state index in [4.69, 9.17) is 9.15 Å². The Morgan fingerprint density at radius 2 is 1.97 bits per heavy atom. The molecule has 1 N–H and O–H groups in total. The van der Waals surface area contributed by atoms with Crippen LogP contribution in [0.5, 0.6) is 0 Å². The van der Waals surface area contributed by atoms with Crippen LogP contribution >= 0.6 is 0 Å². The van der Waals surface area contributed by atoms with Crippen LogP contribution in [-0.2, 0) is 11.3 Å². The first-order valence-electron chi connectivity index (χ1n) is 9.61. The lowest BCUT2D eigenvalue weighted by Crippen LogP contribution is -2.37. The van der Waals surface area contributed by atoms with Crippen molar-refractivity contribution in [2.45, 2.75) is 52.8 Å². The molecule has 3 rings (SSSR count). The summed E-state index contributed by atoms with van der Waals surface area (Å²) in [7, 11) is 0. The molecule has 0 aliphatic heterocycles. The van der Waals surface area contributed by atoms with Crippen molar-refractivity contribution in [2.75, 3.05) is 0 Å². The van der Waals surface area contributed by atoms with Gasteiger partial charge in [-0.2, -0.15) is 0 Å². The fraction of sp³-hybridized carbons (Fsp3) is 0.429. The van der Waals surface area contributed by atoms with Crippen molar-refractivity contribution in [3.8, 4) is 11.3 Å². The van der Waals surface area contributed by atoms with Gasteiger partial charge in [0, 0.05) is 5.56 Å². The minimum absolute atomic E-state index is 0.0741. The Kier molecular flexibility index (Phi) is 6.00. The van der Waals surface area contributed by atoms with Crippen LogP contribution in [-0.4, -0.2) is 31.7 Å². The molecule has 154 valence electrons. The zero-order valence-electron chi connectivity index (χ0n) is 17.4. The summed E-state index contributed by atoms with van der Waals surface area (Å²) in [4.78, 5) is 16.5. The van der Waals surface area contributed by atoms with Gasteiger partial charge in [-0.3, -0.25) is 0 Å². The number of nitrogens with one attached hydrogen (secondary N) is 1. The lowest BCUT2D eigenvalue weighted by molar-refractivity contribution is 0.0478. The van der Waals surface area contributed by atoms with Gasteiger partial charge in [0.15, 0.2) is 0 Å². The molecule has 0 saturated carbocycles. The number of alkyl carbamates (subject to hydrolysis) is 1. The molecule has 8 heteroatoms. The van der Waals surface area contributed by atoms with E-state index in [1.807, 2.05) is 71.1 Å². The van der Waals surface area contributed by atoms with E-state index in [1.54, 1.807) is 10.9 Å². The summed E-state index contributed by atoms with van der Waals surface area (Å²) in [6.45, 7) is 9.82. The summed E-state index contributed by atoms with van der Waals surface area (Å²) in [5.41, 5.74) is 1.21. The fourth-order valence-corrected chi connectivity index (χ4v) is 2.76. The van der Waals surface area contributed by atoms with Crippen LogP contribution in [0.15, 0.2) is 47.1 Å². The van der Waals surface area contributed by atoms with Gasteiger partial charge in [0.05, 0.1) is 12.4 Å². The van der Waals surface area contributed by atoms with Gasteiger partial charge in [-0.05, 0) is 26.7 Å². The molecule has 3 aromatic rings. The third-order valence-electron chi connectivity index (χ3n) is 4.10. The number of rotatable bonds is 6. The van der Waals surface area contributed by atoms with Crippen molar-refractivity contribution in [1.82, 2.24) is 25.3 Å². The topological polar surface area (TPSA) is 95.1 Å². The lowest BCUT2D eigenvalue weighted by Gasteiger charge is -2.24. The van der Waals surface area contributed by atoms with E-state index >= 15 is 0 Å². The zero-order valence-corrected chi connectivity index (χ0v) is 17.4. The molecular weight excluding hydrogens is 370 g/mol. The highest BCUT2D eigenvalue weighted by atomic mass is 16.6. The van der Waals surface area contributed by atoms with Gasteiger partial charge in [0.25, 0.3) is 0 Å². The first kappa shape index (κ1) is 20.6. The van der Waals surface area contributed by atoms with E-state index in [0.717, 1.165) is 11.3 Å². The van der Waals surface area contributed by atoms with Crippen LogP contribution in [0.2, 0.25) is 0 Å². The van der Waals surface area contributed by atoms with E-state index in [2.05, 4.69) is 20.6 Å². The lowest BCUT2D eigenvalue weighted by atomic mass is 10.1. The van der Waals surface area contributed by atoms with Crippen LogP contribution in [0.25, 0.3) is 11.3 Å². The van der Waals surface area contributed by atoms with E-state index in [-0.39, 0.29) is 5.92 Å². The van der Waals surface area contributed by atoms with Crippen molar-refractivity contribution in [1.29, 1.82) is 0 Å². The third-order valence-corrected chi connectivity index (χ3v) is 4.10. The Bertz CT molecular complexity index is 941. The monoisotopic (exact) mass is 397 g/mol. The predicted molar refractivity (Wildman–Crippen MR) is 108 cm³/mol. The average Bonchev–Trinajstić information content (AvgIpc) is 3.29. The Labute approximate surface area is 170 Å². The highest BCUT2D eigenvalue weighted by Crippen LogP contribution is 2.23. The number of oxazole rings is 1. The van der Waals surface area contributed by atoms with Gasteiger partial charge in [-0.15, -0.1) is 5.10 Å². The quantitative estimate of drug-likeness (QED) is 0.670. The second-order valence-electron chi connectivity index (χ2n) is 8.20. The smallest absolute Gasteiger partial charge is 0.408 e. The number of carbonyl (C=O) groups excluding carboxylic acids is 1. The normalized spacial score (nSPS) is 12.8. The number of nitrogens with zero attached hydrogens (tertiary/aromatic N) is 4. The molecule has 29 heavy (non-hydrogen) atoms. The summed E-state index contributed by atoms with van der Waals surface area (Å²) >= 11 is 0. The van der Waals surface area contributed by atoms with Crippen LogP contribution in [0.1, 0.15) is 52.3 Å². The Balaban J connectivity index is 1.69. The van der Waals surface area contributed by atoms with Gasteiger partial charge in [-0.25, -0.2) is 14.5 Å². The summed E-state index contributed by atoms with van der Waals surface area (Å²) in [5, 5.41) is 11.2. The molecular formula is C21H27N5O3. The molecule has 1 atom stereocenters. The minimum atomic E-state index is -0.573. The Hall–Kier alpha value is -3.16. The summed E-state index contributed by atoms with van der Waals surface area (Å²) in [5.74, 6) is 1.13. The summed E-state index contributed by atoms with van der Waals surface area (Å²) in [6.07, 6.45) is 3.00. The molecule has 0 radical (unpaired) electrons. The summed E-state index contributed by atoms with van der Waals surface area (Å²) < 4.78 is 12.9. The van der Waals surface area contributed by atoms with E-state index in [0.29, 0.717) is 18.2 Å². The van der Waals surface area contributed by atoms with Gasteiger partial charge in [0.2, 0.25) is 5.89 Å². The van der Waals surface area contributed by atoms with Crippen LogP contribution in [0.3, 0.4) is 0 Å². The molecule has 0 saturated heterocycles. The number of carbonyl (C=O) groups is 1. The number of ether oxygens (including phenoxy) is 1. The Morgan fingerprint density at radius 3 is 2.62 bits per heavy atom. The Morgan fingerprint density at radius 1 is 1.24 bits per heavy atom. The second-order valence-corrected chi connectivity index (χ2v) is 8.20. The molecule has 1 amide bonds. The van der Waals surface area contributed by atoms with E-state index in [9.17, 15) is 4.79 Å². The fourth-order valence-electron chi connectivity index (χ4n) is 2.76. The predicted octanol–water partition coefficient (Wildman–Crippen LogP) is 4.20. The average molecular weight is 397 g/mol. The third kappa shape index (κ3) is 5.66. The number of hydrogen-bond acceptors (Lipinski definition) is 6. The molecule has 0 aliphatic rings. The molecule has 0 fully saturated rings. The molecule has 2 heterocycles. The maximum absolute atomic E-state index is 12.2. The number of benzene rings is 1. The first-order chi connectivity index (χ1) is 13.7. The second kappa shape index (κ2) is 8.46. The molecule has 2 aromatic heterocycles. The van der Waals surface area contributed by atoms with Crippen molar-refractivity contribution in [3.05, 3.63) is 54.4 Å². The van der Waals surface area contributed by atoms with Crippen molar-refractivity contribution < 1.29 is 13.9 Å². The molecule has 1 aromatic carbocycles. The molecule has 0 aliphatic carbocycles. The number of aromatic nitrogens is 4. The van der Waals surface area contributed by atoms with Crippen molar-refractivity contribution >= 4 is 6.09 Å². The van der Waals surface area contributed by atoms with Crippen LogP contribution in [0.4, 0.5) is 4.79 Å². The first-order valence-corrected chi connectivity index (χ1v) is 9.61. The van der Waals surface area contributed by atoms with Crippen molar-refractivity contribution in [3.63, 3.8) is 0 Å². The van der Waals surface area contributed by atoms with Crippen LogP contribution in [0, 0.1) is 5.92 Å². The van der Waals surface area contributed by atoms with E-state index < -0.39 is 17.7 Å². The SMILES string of the molecule is CC(C)[C@H](NC(=O)OC(C)(C)C)c1ncc(Cn2cc(-c3ccccc3)nn2)o1. The zero-order chi connectivity index (χ0) is 21.0. The number of hydrogen-bond donors (Lipinski definition) is 1. The molecule has 0 bridgehead atoms. The van der Waals surface area contributed by atoms with Crippen LogP contribution < -0.4 is 5.32 Å². The minimum Gasteiger partial charge on any atom is -0.444 e. The largest absolute Gasteiger partial charge is 0.444 e. The van der Waals surface area contributed by atoms with Gasteiger partial charge in [0.1, 0.15) is 29.6 Å². The highest BCUT2D eigenvalue weighted by molar-refractivity contribution is 5.68. The van der Waals surface area contributed by atoms with Gasteiger partial charge >= 0.3 is 6.09 Å². The molecule has 0 spiro atoms. The maximum Gasteiger partial charge on any atom is 0.408 e. The van der Waals surface area contributed by atoms with Gasteiger partial charge < -0.3 is 14.5 Å². The molecule has 8 nitrogen and oxygen atoms in total. The standard InChI is InChI=1S/C21H27N5O3/c1-14(2)18(23-20(27)29-21(3,4)5)19-22-11-16(28-19)12-26-13-17(24-25-26)15-9-7-6-8-10-15/h6-11,13-14,18H,12H2,1-5H3,(H,23,27)/t18-/m0/s1. The highest BCUT2D eigenvalue weighted by Gasteiger charge is 2.26. The molecule has 0 unspecified atom stereocenters. The van der Waals surface area contributed by atoms with E-state index in [1.165, 1.54) is 0 Å². The number of amides is 1. The van der Waals surface area contributed by atoms with Crippen molar-refractivity contribution in [2.24, 2.45) is 5.92 Å². The summed E-state index contributed by atoms with van der Waals surface area (Å²) in [6, 6.07) is 9.45. The maximum atomic E-state index is 12.2. The van der Waals surface area contributed by atoms with Gasteiger partial charge in [-0.1, -0.05) is 49.4 Å².